The molecule has 1 aliphatic heterocycles. The fourth-order valence-corrected chi connectivity index (χ4v) is 2.34. The number of nitrogens with two attached hydrogens (primary N) is 1. The van der Waals surface area contributed by atoms with E-state index in [1.54, 1.807) is 18.2 Å². The van der Waals surface area contributed by atoms with Gasteiger partial charge < -0.3 is 25.3 Å². The van der Waals surface area contributed by atoms with Crippen molar-refractivity contribution in [2.75, 3.05) is 25.7 Å². The molecule has 0 saturated heterocycles. The first-order valence-corrected chi connectivity index (χ1v) is 7.50. The zero-order valence-electron chi connectivity index (χ0n) is 13.4. The first-order valence-electron chi connectivity index (χ1n) is 7.50. The molecule has 9 nitrogen and oxygen atoms in total. The van der Waals surface area contributed by atoms with Crippen LogP contribution in [-0.2, 0) is 0 Å². The van der Waals surface area contributed by atoms with Gasteiger partial charge >= 0.3 is 0 Å². The van der Waals surface area contributed by atoms with Crippen LogP contribution < -0.4 is 25.3 Å². The minimum atomic E-state index is -0.923. The minimum Gasteiger partial charge on any atom is -0.492 e. The van der Waals surface area contributed by atoms with Crippen LogP contribution in [0.4, 0.5) is 15.8 Å². The van der Waals surface area contributed by atoms with Crippen molar-refractivity contribution in [1.82, 2.24) is 5.32 Å². The van der Waals surface area contributed by atoms with E-state index in [-0.39, 0.29) is 25.5 Å². The molecule has 0 atom stereocenters. The molecule has 0 aliphatic carbocycles. The second-order valence-corrected chi connectivity index (χ2v) is 5.26. The first kappa shape index (κ1) is 17.3. The Balaban J connectivity index is 1.57. The topological polar surface area (TPSA) is 126 Å². The van der Waals surface area contributed by atoms with Gasteiger partial charge in [0.25, 0.3) is 11.6 Å². The predicted molar refractivity (Wildman–Crippen MR) is 87.9 cm³/mol. The van der Waals surface area contributed by atoms with Gasteiger partial charge in [-0.25, -0.2) is 4.39 Å². The van der Waals surface area contributed by atoms with Crippen LogP contribution in [0, 0.1) is 15.9 Å². The molecule has 0 aromatic heterocycles. The third-order valence-corrected chi connectivity index (χ3v) is 3.56. The Morgan fingerprint density at radius 2 is 2.08 bits per heavy atom. The smallest absolute Gasteiger partial charge is 0.295 e. The van der Waals surface area contributed by atoms with Crippen molar-refractivity contribution in [2.24, 2.45) is 0 Å². The first-order chi connectivity index (χ1) is 12.5. The van der Waals surface area contributed by atoms with Gasteiger partial charge in [-0.05, 0) is 18.2 Å². The normalized spacial score (nSPS) is 11.9. The van der Waals surface area contributed by atoms with Crippen molar-refractivity contribution in [3.63, 3.8) is 0 Å². The standard InChI is InChI=1S/C16H14FN3O6/c17-9-5-11(15(18)12(6-9)20(22)23)16(21)19-3-4-24-10-1-2-13-14(7-10)26-8-25-13/h1-2,5-7H,3-4,8,18H2,(H,19,21). The fraction of sp³-hybridized carbons (Fsp3) is 0.188. The maximum Gasteiger partial charge on any atom is 0.295 e. The van der Waals surface area contributed by atoms with Crippen molar-refractivity contribution < 1.29 is 28.3 Å². The molecule has 2 aromatic carbocycles. The molecule has 26 heavy (non-hydrogen) atoms. The summed E-state index contributed by atoms with van der Waals surface area (Å²) in [6.07, 6.45) is 0. The third kappa shape index (κ3) is 3.58. The van der Waals surface area contributed by atoms with Crippen LogP contribution in [-0.4, -0.2) is 30.8 Å². The number of carbonyl (C=O) groups excluding carboxylic acids is 1. The highest BCUT2D eigenvalue weighted by Crippen LogP contribution is 2.35. The van der Waals surface area contributed by atoms with Gasteiger partial charge in [-0.15, -0.1) is 0 Å². The minimum absolute atomic E-state index is 0.0804. The number of nitrogens with one attached hydrogen (secondary N) is 1. The highest BCUT2D eigenvalue weighted by molar-refractivity contribution is 6.01. The number of nitro groups is 1. The highest BCUT2D eigenvalue weighted by Gasteiger charge is 2.21. The van der Waals surface area contributed by atoms with E-state index in [2.05, 4.69) is 5.32 Å². The molecule has 0 unspecified atom stereocenters. The lowest BCUT2D eigenvalue weighted by Gasteiger charge is -2.10. The summed E-state index contributed by atoms with van der Waals surface area (Å²) in [5.74, 6) is 0.0386. The number of fused-ring (bicyclic) bond motifs is 1. The van der Waals surface area contributed by atoms with Crippen molar-refractivity contribution in [3.8, 4) is 17.2 Å². The second-order valence-electron chi connectivity index (χ2n) is 5.26. The van der Waals surface area contributed by atoms with Crippen molar-refractivity contribution >= 4 is 17.3 Å². The number of nitrogens with zero attached hydrogens (tertiary/aromatic N) is 1. The van der Waals surface area contributed by atoms with E-state index in [4.69, 9.17) is 19.9 Å². The second kappa shape index (κ2) is 7.13. The summed E-state index contributed by atoms with van der Waals surface area (Å²) >= 11 is 0. The van der Waals surface area contributed by atoms with Gasteiger partial charge in [0.15, 0.2) is 11.5 Å². The molecule has 0 fully saturated rings. The van der Waals surface area contributed by atoms with Gasteiger partial charge in [0.05, 0.1) is 23.1 Å². The zero-order chi connectivity index (χ0) is 18.7. The number of ether oxygens (including phenoxy) is 3. The van der Waals surface area contributed by atoms with E-state index in [0.717, 1.165) is 6.07 Å². The van der Waals surface area contributed by atoms with Crippen LogP contribution in [0.3, 0.4) is 0 Å². The van der Waals surface area contributed by atoms with Crippen LogP contribution in [0.15, 0.2) is 30.3 Å². The number of nitrogen functional groups attached to an aromatic ring is 1. The molecule has 10 heteroatoms. The molecule has 0 saturated carbocycles. The number of hydrogen-bond donors (Lipinski definition) is 2. The molecule has 3 rings (SSSR count). The Hall–Kier alpha value is -3.56. The van der Waals surface area contributed by atoms with E-state index in [1.165, 1.54) is 0 Å². The molecule has 0 bridgehead atoms. The van der Waals surface area contributed by atoms with Gasteiger partial charge in [-0.1, -0.05) is 0 Å². The lowest BCUT2D eigenvalue weighted by molar-refractivity contribution is -0.384. The fourth-order valence-electron chi connectivity index (χ4n) is 2.34. The molecular formula is C16H14FN3O6. The van der Waals surface area contributed by atoms with E-state index in [9.17, 15) is 19.3 Å². The van der Waals surface area contributed by atoms with Gasteiger partial charge in [0.1, 0.15) is 23.9 Å². The molecule has 3 N–H and O–H groups in total. The summed E-state index contributed by atoms with van der Waals surface area (Å²) in [7, 11) is 0. The quantitative estimate of drug-likeness (QED) is 0.347. The Kier molecular flexibility index (Phi) is 4.74. The summed E-state index contributed by atoms with van der Waals surface area (Å²) in [4.78, 5) is 22.1. The van der Waals surface area contributed by atoms with E-state index in [0.29, 0.717) is 23.3 Å². The average Bonchev–Trinajstić information content (AvgIpc) is 3.07. The van der Waals surface area contributed by atoms with Crippen LogP contribution in [0.1, 0.15) is 10.4 Å². The predicted octanol–water partition coefficient (Wildman–Crippen LogP) is 1.85. The summed E-state index contributed by atoms with van der Waals surface area (Å²) in [6.45, 7) is 0.343. The Bertz CT molecular complexity index is 873. The summed E-state index contributed by atoms with van der Waals surface area (Å²) in [5.41, 5.74) is 4.21. The zero-order valence-corrected chi connectivity index (χ0v) is 13.4. The number of halogens is 1. The lowest BCUT2D eigenvalue weighted by atomic mass is 10.1. The van der Waals surface area contributed by atoms with Gasteiger partial charge in [0.2, 0.25) is 6.79 Å². The maximum absolute atomic E-state index is 13.5. The Morgan fingerprint density at radius 1 is 1.31 bits per heavy atom. The number of nitro benzene ring substituents is 1. The molecule has 0 radical (unpaired) electrons. The third-order valence-electron chi connectivity index (χ3n) is 3.56. The number of hydrogen-bond acceptors (Lipinski definition) is 7. The molecule has 136 valence electrons. The SMILES string of the molecule is Nc1c(C(=O)NCCOc2ccc3c(c2)OCO3)cc(F)cc1[N+](=O)[O-]. The van der Waals surface area contributed by atoms with Gasteiger partial charge in [-0.3, -0.25) is 14.9 Å². The summed E-state index contributed by atoms with van der Waals surface area (Å²) in [5, 5.41) is 13.3. The van der Waals surface area contributed by atoms with E-state index < -0.39 is 28.0 Å². The molecule has 2 aromatic rings. The number of carbonyl (C=O) groups is 1. The highest BCUT2D eigenvalue weighted by atomic mass is 19.1. The van der Waals surface area contributed by atoms with E-state index >= 15 is 0 Å². The Morgan fingerprint density at radius 3 is 2.85 bits per heavy atom. The monoisotopic (exact) mass is 363 g/mol. The van der Waals surface area contributed by atoms with Crippen LogP contribution in [0.2, 0.25) is 0 Å². The summed E-state index contributed by atoms with van der Waals surface area (Å²) in [6, 6.07) is 6.54. The molecule has 1 amide bonds. The van der Waals surface area contributed by atoms with Gasteiger partial charge in [-0.2, -0.15) is 0 Å². The molecule has 1 aliphatic rings. The van der Waals surface area contributed by atoms with Crippen LogP contribution in [0.25, 0.3) is 0 Å². The lowest BCUT2D eigenvalue weighted by Crippen LogP contribution is -2.29. The number of rotatable bonds is 6. The largest absolute Gasteiger partial charge is 0.492 e. The number of benzene rings is 2. The summed E-state index contributed by atoms with van der Waals surface area (Å²) < 4.78 is 29.3. The molecule has 1 heterocycles. The molecular weight excluding hydrogens is 349 g/mol. The average molecular weight is 363 g/mol. The Labute approximate surface area is 146 Å². The van der Waals surface area contributed by atoms with Crippen molar-refractivity contribution in [1.29, 1.82) is 0 Å². The number of anilines is 1. The van der Waals surface area contributed by atoms with Gasteiger partial charge in [0, 0.05) is 6.07 Å². The maximum atomic E-state index is 13.5. The van der Waals surface area contributed by atoms with Crippen molar-refractivity contribution in [2.45, 2.75) is 0 Å². The van der Waals surface area contributed by atoms with Crippen molar-refractivity contribution in [3.05, 3.63) is 51.8 Å². The van der Waals surface area contributed by atoms with E-state index in [1.807, 2.05) is 0 Å². The molecule has 0 spiro atoms. The number of amides is 1. The van der Waals surface area contributed by atoms with Crippen LogP contribution in [0.5, 0.6) is 17.2 Å². The van der Waals surface area contributed by atoms with Crippen LogP contribution >= 0.6 is 0 Å².